The Labute approximate surface area is 107 Å². The lowest BCUT2D eigenvalue weighted by molar-refractivity contribution is -0.141. The first-order chi connectivity index (χ1) is 8.58. The van der Waals surface area contributed by atoms with Crippen LogP contribution < -0.4 is 0 Å². The summed E-state index contributed by atoms with van der Waals surface area (Å²) in [4.78, 5) is 11.4. The SMILES string of the molecule is CC(C)CC(C(=O)O)n1cnnc1CC1CCC1. The Morgan fingerprint density at radius 2 is 2.28 bits per heavy atom. The van der Waals surface area contributed by atoms with Gasteiger partial charge >= 0.3 is 5.97 Å². The van der Waals surface area contributed by atoms with Gasteiger partial charge in [-0.15, -0.1) is 10.2 Å². The molecule has 1 atom stereocenters. The van der Waals surface area contributed by atoms with Crippen molar-refractivity contribution in [3.05, 3.63) is 12.2 Å². The van der Waals surface area contributed by atoms with Crippen molar-refractivity contribution in [1.82, 2.24) is 14.8 Å². The van der Waals surface area contributed by atoms with Crippen LogP contribution in [0.1, 0.15) is 51.4 Å². The van der Waals surface area contributed by atoms with E-state index in [2.05, 4.69) is 10.2 Å². The first-order valence-electron chi connectivity index (χ1n) is 6.69. The molecule has 0 saturated heterocycles. The molecule has 1 saturated carbocycles. The number of hydrogen-bond donors (Lipinski definition) is 1. The van der Waals surface area contributed by atoms with Crippen LogP contribution in [0.4, 0.5) is 0 Å². The Morgan fingerprint density at radius 1 is 1.56 bits per heavy atom. The van der Waals surface area contributed by atoms with Crippen molar-refractivity contribution < 1.29 is 9.90 Å². The van der Waals surface area contributed by atoms with Gasteiger partial charge in [-0.1, -0.05) is 33.1 Å². The lowest BCUT2D eigenvalue weighted by atomic mass is 9.83. The fourth-order valence-electron chi connectivity index (χ4n) is 2.41. The van der Waals surface area contributed by atoms with Crippen molar-refractivity contribution in [2.24, 2.45) is 11.8 Å². The molecule has 0 bridgehead atoms. The molecule has 0 amide bonds. The van der Waals surface area contributed by atoms with E-state index in [9.17, 15) is 9.90 Å². The summed E-state index contributed by atoms with van der Waals surface area (Å²) in [5.41, 5.74) is 0. The molecule has 0 aliphatic heterocycles. The maximum absolute atomic E-state index is 11.4. The lowest BCUT2D eigenvalue weighted by Gasteiger charge is -2.26. The summed E-state index contributed by atoms with van der Waals surface area (Å²) in [7, 11) is 0. The van der Waals surface area contributed by atoms with E-state index in [0.717, 1.165) is 12.2 Å². The number of carboxylic acids is 1. The predicted molar refractivity (Wildman–Crippen MR) is 67.2 cm³/mol. The second-order valence-corrected chi connectivity index (χ2v) is 5.64. The first-order valence-corrected chi connectivity index (χ1v) is 6.69. The Bertz CT molecular complexity index is 410. The number of rotatable bonds is 6. The number of hydrogen-bond acceptors (Lipinski definition) is 3. The highest BCUT2D eigenvalue weighted by molar-refractivity contribution is 5.71. The normalized spacial score (nSPS) is 17.7. The van der Waals surface area contributed by atoms with Gasteiger partial charge < -0.3 is 9.67 Å². The van der Waals surface area contributed by atoms with E-state index in [4.69, 9.17) is 0 Å². The minimum absolute atomic E-state index is 0.338. The maximum atomic E-state index is 11.4. The summed E-state index contributed by atoms with van der Waals surface area (Å²) in [6.07, 6.45) is 6.79. The van der Waals surface area contributed by atoms with Crippen LogP contribution in [0.25, 0.3) is 0 Å². The summed E-state index contributed by atoms with van der Waals surface area (Å²) in [6, 6.07) is -0.532. The molecule has 0 radical (unpaired) electrons. The van der Waals surface area contributed by atoms with Crippen molar-refractivity contribution in [3.8, 4) is 0 Å². The highest BCUT2D eigenvalue weighted by atomic mass is 16.4. The van der Waals surface area contributed by atoms with Crippen LogP contribution in [0, 0.1) is 11.8 Å². The fraction of sp³-hybridized carbons (Fsp3) is 0.769. The molecule has 1 heterocycles. The smallest absolute Gasteiger partial charge is 0.326 e. The molecule has 5 heteroatoms. The van der Waals surface area contributed by atoms with E-state index in [1.807, 2.05) is 13.8 Å². The van der Waals surface area contributed by atoms with E-state index in [1.165, 1.54) is 19.3 Å². The van der Waals surface area contributed by atoms with E-state index in [0.29, 0.717) is 18.3 Å². The zero-order valence-corrected chi connectivity index (χ0v) is 11.0. The molecule has 1 unspecified atom stereocenters. The third-order valence-electron chi connectivity index (χ3n) is 3.66. The largest absolute Gasteiger partial charge is 0.480 e. The number of carbonyl (C=O) groups is 1. The average molecular weight is 251 g/mol. The van der Waals surface area contributed by atoms with Gasteiger partial charge in [0.2, 0.25) is 0 Å². The van der Waals surface area contributed by atoms with Crippen molar-refractivity contribution in [3.63, 3.8) is 0 Å². The molecular formula is C13H21N3O2. The molecule has 5 nitrogen and oxygen atoms in total. The minimum Gasteiger partial charge on any atom is -0.480 e. The molecule has 100 valence electrons. The third kappa shape index (κ3) is 2.89. The summed E-state index contributed by atoms with van der Waals surface area (Å²) in [5, 5.41) is 17.3. The van der Waals surface area contributed by atoms with Crippen molar-refractivity contribution >= 4 is 5.97 Å². The standard InChI is InChI=1S/C13H21N3O2/c1-9(2)6-11(13(17)18)16-8-14-15-12(16)7-10-4-3-5-10/h8-11H,3-7H2,1-2H3,(H,17,18). The highest BCUT2D eigenvalue weighted by Crippen LogP contribution is 2.30. The van der Waals surface area contributed by atoms with Gasteiger partial charge in [0, 0.05) is 6.42 Å². The molecule has 1 N–H and O–H groups in total. The lowest BCUT2D eigenvalue weighted by Crippen LogP contribution is -2.24. The van der Waals surface area contributed by atoms with E-state index >= 15 is 0 Å². The van der Waals surface area contributed by atoms with Crippen molar-refractivity contribution in [2.75, 3.05) is 0 Å². The molecule has 18 heavy (non-hydrogen) atoms. The Hall–Kier alpha value is -1.39. The van der Waals surface area contributed by atoms with E-state index < -0.39 is 12.0 Å². The van der Waals surface area contributed by atoms with Crippen LogP contribution in [0.2, 0.25) is 0 Å². The minimum atomic E-state index is -0.793. The van der Waals surface area contributed by atoms with Gasteiger partial charge in [-0.2, -0.15) is 0 Å². The van der Waals surface area contributed by atoms with Gasteiger partial charge in [0.05, 0.1) is 0 Å². The van der Waals surface area contributed by atoms with Crippen LogP contribution >= 0.6 is 0 Å². The zero-order valence-electron chi connectivity index (χ0n) is 11.0. The quantitative estimate of drug-likeness (QED) is 0.842. The number of carboxylic acid groups (broad SMARTS) is 1. The van der Waals surface area contributed by atoms with Crippen LogP contribution in [0.3, 0.4) is 0 Å². The molecule has 0 aromatic carbocycles. The highest BCUT2D eigenvalue weighted by Gasteiger charge is 2.26. The molecule has 2 rings (SSSR count). The third-order valence-corrected chi connectivity index (χ3v) is 3.66. The fourth-order valence-corrected chi connectivity index (χ4v) is 2.41. The van der Waals surface area contributed by atoms with Gasteiger partial charge in [-0.3, -0.25) is 0 Å². The summed E-state index contributed by atoms with van der Waals surface area (Å²) >= 11 is 0. The Kier molecular flexibility index (Phi) is 3.99. The molecule has 0 spiro atoms. The molecule has 1 fully saturated rings. The van der Waals surface area contributed by atoms with Crippen LogP contribution in [0.15, 0.2) is 6.33 Å². The monoisotopic (exact) mass is 251 g/mol. The summed E-state index contributed by atoms with van der Waals surface area (Å²) < 4.78 is 1.75. The van der Waals surface area contributed by atoms with Crippen molar-refractivity contribution in [1.29, 1.82) is 0 Å². The predicted octanol–water partition coefficient (Wildman–Crippen LogP) is 2.29. The molecular weight excluding hydrogens is 230 g/mol. The van der Waals surface area contributed by atoms with Gasteiger partial charge in [-0.05, 0) is 18.3 Å². The van der Waals surface area contributed by atoms with Crippen LogP contribution in [-0.4, -0.2) is 25.8 Å². The van der Waals surface area contributed by atoms with Crippen LogP contribution in [0.5, 0.6) is 0 Å². The second kappa shape index (κ2) is 5.50. The topological polar surface area (TPSA) is 68.0 Å². The van der Waals surface area contributed by atoms with Gasteiger partial charge in [-0.25, -0.2) is 4.79 Å². The number of nitrogens with zero attached hydrogens (tertiary/aromatic N) is 3. The Balaban J connectivity index is 2.13. The van der Waals surface area contributed by atoms with Crippen molar-refractivity contribution in [2.45, 2.75) is 52.0 Å². The van der Waals surface area contributed by atoms with E-state index in [1.54, 1.807) is 10.9 Å². The number of aromatic nitrogens is 3. The van der Waals surface area contributed by atoms with Gasteiger partial charge in [0.15, 0.2) is 0 Å². The first kappa shape index (κ1) is 13.1. The molecule has 1 aromatic heterocycles. The van der Waals surface area contributed by atoms with Gasteiger partial charge in [0.1, 0.15) is 18.2 Å². The molecule has 1 aromatic rings. The second-order valence-electron chi connectivity index (χ2n) is 5.64. The average Bonchev–Trinajstić information content (AvgIpc) is 2.67. The van der Waals surface area contributed by atoms with Crippen LogP contribution in [-0.2, 0) is 11.2 Å². The zero-order chi connectivity index (χ0) is 13.1. The van der Waals surface area contributed by atoms with E-state index in [-0.39, 0.29) is 0 Å². The van der Waals surface area contributed by atoms with Gasteiger partial charge in [0.25, 0.3) is 0 Å². The summed E-state index contributed by atoms with van der Waals surface area (Å²) in [6.45, 7) is 4.07. The summed E-state index contributed by atoms with van der Waals surface area (Å²) in [5.74, 6) is 1.04. The molecule has 1 aliphatic carbocycles. The number of aliphatic carboxylic acids is 1. The Morgan fingerprint density at radius 3 is 2.78 bits per heavy atom. The molecule has 1 aliphatic rings. The maximum Gasteiger partial charge on any atom is 0.326 e.